The van der Waals surface area contributed by atoms with Gasteiger partial charge >= 0.3 is 0 Å². The molecular formula is C40H26N4. The van der Waals surface area contributed by atoms with Crippen molar-refractivity contribution in [3.63, 3.8) is 0 Å². The highest BCUT2D eigenvalue weighted by molar-refractivity contribution is 6.13. The predicted octanol–water partition coefficient (Wildman–Crippen LogP) is 10.0. The standard InChI is InChI=1S/C40H26N4/c1-3-15-27(16-4-1)29-19-7-11-23-33(29)43-35-25-13-9-21-31(35)37-39(43)42-40-38(41-37)32-22-10-14-26-36(32)44(40)34-24-12-8-20-30(34)28-17-5-2-6-18-28/h1-26H. The molecule has 0 atom stereocenters. The fourth-order valence-electron chi connectivity index (χ4n) is 6.61. The molecule has 0 saturated carbocycles. The molecule has 0 radical (unpaired) electrons. The van der Waals surface area contributed by atoms with Crippen LogP contribution in [0, 0.1) is 0 Å². The quantitative estimate of drug-likeness (QED) is 0.214. The van der Waals surface area contributed by atoms with Crippen LogP contribution in [0.4, 0.5) is 0 Å². The minimum Gasteiger partial charge on any atom is -0.292 e. The molecule has 4 nitrogen and oxygen atoms in total. The lowest BCUT2D eigenvalue weighted by Crippen LogP contribution is -2.02. The van der Waals surface area contributed by atoms with Crippen LogP contribution in [0.3, 0.4) is 0 Å². The zero-order valence-electron chi connectivity index (χ0n) is 23.8. The van der Waals surface area contributed by atoms with E-state index in [1.807, 2.05) is 0 Å². The van der Waals surface area contributed by atoms with Crippen LogP contribution in [0.15, 0.2) is 158 Å². The van der Waals surface area contributed by atoms with Crippen molar-refractivity contribution in [2.45, 2.75) is 0 Å². The highest BCUT2D eigenvalue weighted by Crippen LogP contribution is 2.39. The molecule has 6 aromatic carbocycles. The van der Waals surface area contributed by atoms with Crippen molar-refractivity contribution in [2.24, 2.45) is 0 Å². The lowest BCUT2D eigenvalue weighted by atomic mass is 10.0. The van der Waals surface area contributed by atoms with Crippen molar-refractivity contribution in [3.05, 3.63) is 158 Å². The highest BCUT2D eigenvalue weighted by atomic mass is 15.1. The number of hydrogen-bond acceptors (Lipinski definition) is 2. The van der Waals surface area contributed by atoms with Crippen LogP contribution in [0.5, 0.6) is 0 Å². The van der Waals surface area contributed by atoms with Gasteiger partial charge in [0.05, 0.1) is 22.4 Å². The number of hydrogen-bond donors (Lipinski definition) is 0. The van der Waals surface area contributed by atoms with Gasteiger partial charge in [0.2, 0.25) is 0 Å². The van der Waals surface area contributed by atoms with Crippen molar-refractivity contribution in [1.29, 1.82) is 0 Å². The molecule has 206 valence electrons. The monoisotopic (exact) mass is 562 g/mol. The van der Waals surface area contributed by atoms with Gasteiger partial charge in [0.15, 0.2) is 11.3 Å². The van der Waals surface area contributed by atoms with E-state index in [0.29, 0.717) is 0 Å². The van der Waals surface area contributed by atoms with Gasteiger partial charge in [0.25, 0.3) is 0 Å². The lowest BCUT2D eigenvalue weighted by Gasteiger charge is -2.14. The van der Waals surface area contributed by atoms with Crippen LogP contribution in [-0.4, -0.2) is 19.1 Å². The molecule has 0 bridgehead atoms. The van der Waals surface area contributed by atoms with Crippen molar-refractivity contribution in [1.82, 2.24) is 19.1 Å². The van der Waals surface area contributed by atoms with E-state index in [0.717, 1.165) is 77.8 Å². The van der Waals surface area contributed by atoms with Gasteiger partial charge < -0.3 is 0 Å². The van der Waals surface area contributed by atoms with Crippen LogP contribution in [-0.2, 0) is 0 Å². The molecule has 9 aromatic rings. The Balaban J connectivity index is 1.43. The molecule has 9 rings (SSSR count). The Kier molecular flexibility index (Phi) is 5.47. The molecule has 0 aliphatic rings. The van der Waals surface area contributed by atoms with Gasteiger partial charge in [-0.25, -0.2) is 9.97 Å². The van der Waals surface area contributed by atoms with Crippen LogP contribution in [0.25, 0.3) is 77.8 Å². The predicted molar refractivity (Wildman–Crippen MR) is 182 cm³/mol. The molecule has 3 heterocycles. The summed E-state index contributed by atoms with van der Waals surface area (Å²) >= 11 is 0. The molecule has 0 saturated heterocycles. The van der Waals surface area contributed by atoms with Gasteiger partial charge in [-0.2, -0.15) is 0 Å². The first-order valence-corrected chi connectivity index (χ1v) is 14.9. The summed E-state index contributed by atoms with van der Waals surface area (Å²) in [7, 11) is 0. The van der Waals surface area contributed by atoms with Gasteiger partial charge in [0, 0.05) is 21.9 Å². The first-order valence-electron chi connectivity index (χ1n) is 14.9. The third kappa shape index (κ3) is 3.64. The topological polar surface area (TPSA) is 35.6 Å². The number of rotatable bonds is 4. The summed E-state index contributed by atoms with van der Waals surface area (Å²) in [6, 6.07) is 55.2. The van der Waals surface area contributed by atoms with E-state index in [2.05, 4.69) is 167 Å². The number of fused-ring (bicyclic) bond motifs is 6. The summed E-state index contributed by atoms with van der Waals surface area (Å²) in [5.74, 6) is 0. The van der Waals surface area contributed by atoms with E-state index < -0.39 is 0 Å². The normalized spacial score (nSPS) is 11.6. The van der Waals surface area contributed by atoms with Crippen molar-refractivity contribution < 1.29 is 0 Å². The maximum absolute atomic E-state index is 5.54. The molecule has 0 aliphatic heterocycles. The van der Waals surface area contributed by atoms with Gasteiger partial charge in [-0.05, 0) is 35.4 Å². The Labute approximate surface area is 254 Å². The van der Waals surface area contributed by atoms with Gasteiger partial charge in [0.1, 0.15) is 11.0 Å². The van der Waals surface area contributed by atoms with Crippen molar-refractivity contribution in [3.8, 4) is 33.6 Å². The maximum Gasteiger partial charge on any atom is 0.166 e. The Morgan fingerprint density at radius 1 is 0.341 bits per heavy atom. The van der Waals surface area contributed by atoms with Crippen molar-refractivity contribution in [2.75, 3.05) is 0 Å². The lowest BCUT2D eigenvalue weighted by molar-refractivity contribution is 1.10. The third-order valence-electron chi connectivity index (χ3n) is 8.54. The Morgan fingerprint density at radius 3 is 1.20 bits per heavy atom. The fraction of sp³-hybridized carbons (Fsp3) is 0. The zero-order chi connectivity index (χ0) is 29.0. The van der Waals surface area contributed by atoms with E-state index in [9.17, 15) is 0 Å². The largest absolute Gasteiger partial charge is 0.292 e. The number of nitrogens with zero attached hydrogens (tertiary/aromatic N) is 4. The van der Waals surface area contributed by atoms with Crippen molar-refractivity contribution >= 4 is 44.1 Å². The summed E-state index contributed by atoms with van der Waals surface area (Å²) < 4.78 is 4.56. The average molecular weight is 563 g/mol. The molecule has 4 heteroatoms. The number of benzene rings is 6. The molecule has 0 N–H and O–H groups in total. The summed E-state index contributed by atoms with van der Waals surface area (Å²) in [4.78, 5) is 11.0. The molecular weight excluding hydrogens is 536 g/mol. The van der Waals surface area contributed by atoms with E-state index in [4.69, 9.17) is 9.97 Å². The van der Waals surface area contributed by atoms with Crippen LogP contribution >= 0.6 is 0 Å². The summed E-state index contributed by atoms with van der Waals surface area (Å²) in [6.45, 7) is 0. The van der Waals surface area contributed by atoms with Gasteiger partial charge in [-0.1, -0.05) is 133 Å². The molecule has 44 heavy (non-hydrogen) atoms. The van der Waals surface area contributed by atoms with E-state index >= 15 is 0 Å². The second-order valence-electron chi connectivity index (χ2n) is 11.0. The minimum absolute atomic E-state index is 0.836. The van der Waals surface area contributed by atoms with Crippen LogP contribution < -0.4 is 0 Å². The zero-order valence-corrected chi connectivity index (χ0v) is 23.8. The third-order valence-corrected chi connectivity index (χ3v) is 8.54. The van der Waals surface area contributed by atoms with E-state index in [-0.39, 0.29) is 0 Å². The van der Waals surface area contributed by atoms with Crippen LogP contribution in [0.1, 0.15) is 0 Å². The smallest absolute Gasteiger partial charge is 0.166 e. The van der Waals surface area contributed by atoms with E-state index in [1.165, 1.54) is 0 Å². The second kappa shape index (κ2) is 9.79. The molecule has 0 spiro atoms. The number of para-hydroxylation sites is 4. The first-order chi connectivity index (χ1) is 21.9. The Bertz CT molecular complexity index is 2320. The summed E-state index contributed by atoms with van der Waals surface area (Å²) in [5.41, 5.74) is 12.4. The number of aromatic nitrogens is 4. The summed E-state index contributed by atoms with van der Waals surface area (Å²) in [6.07, 6.45) is 0. The maximum atomic E-state index is 5.54. The second-order valence-corrected chi connectivity index (χ2v) is 11.0. The molecule has 0 unspecified atom stereocenters. The van der Waals surface area contributed by atoms with Gasteiger partial charge in [-0.15, -0.1) is 0 Å². The summed E-state index contributed by atoms with van der Waals surface area (Å²) in [5, 5.41) is 2.17. The first kappa shape index (κ1) is 24.6. The van der Waals surface area contributed by atoms with Crippen LogP contribution in [0.2, 0.25) is 0 Å². The molecule has 3 aromatic heterocycles. The van der Waals surface area contributed by atoms with Gasteiger partial charge in [-0.3, -0.25) is 9.13 Å². The highest BCUT2D eigenvalue weighted by Gasteiger charge is 2.23. The minimum atomic E-state index is 0.836. The Hall–Kier alpha value is -6.00. The fourth-order valence-corrected chi connectivity index (χ4v) is 6.61. The van der Waals surface area contributed by atoms with E-state index in [1.54, 1.807) is 0 Å². The molecule has 0 aliphatic carbocycles. The Morgan fingerprint density at radius 2 is 0.727 bits per heavy atom. The molecule has 0 fully saturated rings. The molecule has 0 amide bonds. The average Bonchev–Trinajstić information content (AvgIpc) is 3.60. The SMILES string of the molecule is c1ccc(-c2ccccc2-n2c3ccccc3c3nc4c5ccccc5n(-c5ccccc5-c5ccccc5)c4nc32)cc1.